The largest absolute Gasteiger partial charge is 0.494 e. The van der Waals surface area contributed by atoms with Gasteiger partial charge in [0.15, 0.2) is 17.3 Å². The van der Waals surface area contributed by atoms with E-state index in [1.165, 1.54) is 12.6 Å². The van der Waals surface area contributed by atoms with Crippen LogP contribution in [0.1, 0.15) is 81.4 Å². The van der Waals surface area contributed by atoms with Gasteiger partial charge in [0.2, 0.25) is 5.91 Å². The Morgan fingerprint density at radius 2 is 1.91 bits per heavy atom. The molecule has 1 aliphatic carbocycles. The van der Waals surface area contributed by atoms with Crippen LogP contribution in [-0.2, 0) is 18.3 Å². The molecule has 5 N–H and O–H groups in total. The van der Waals surface area contributed by atoms with Gasteiger partial charge >= 0.3 is 0 Å². The number of allylic oxidation sites excluding steroid dienone is 2. The number of aryl methyl sites for hydroxylation is 2. The number of nitrogens with one attached hydrogen (secondary N) is 3. The quantitative estimate of drug-likeness (QED) is 0.164. The first-order valence-corrected chi connectivity index (χ1v) is 16.3. The fourth-order valence-electron chi connectivity index (χ4n) is 4.99. The van der Waals surface area contributed by atoms with Crippen molar-refractivity contribution in [3.05, 3.63) is 65.3 Å². The lowest BCUT2D eigenvalue weighted by Gasteiger charge is -2.20. The van der Waals surface area contributed by atoms with E-state index in [9.17, 15) is 9.59 Å². The molecule has 1 aromatic carbocycles. The maximum Gasteiger partial charge on any atom is 0.273 e. The number of hydrogen-bond donors (Lipinski definition) is 4. The minimum atomic E-state index is -0.418. The van der Waals surface area contributed by atoms with Crippen LogP contribution in [-0.4, -0.2) is 58.7 Å². The van der Waals surface area contributed by atoms with Gasteiger partial charge in [0.25, 0.3) is 5.91 Å². The fourth-order valence-corrected chi connectivity index (χ4v) is 4.99. The first-order valence-electron chi connectivity index (χ1n) is 16.3. The maximum absolute atomic E-state index is 12.6. The van der Waals surface area contributed by atoms with Crippen molar-refractivity contribution in [1.29, 1.82) is 0 Å². The van der Waals surface area contributed by atoms with Gasteiger partial charge in [-0.25, -0.2) is 0 Å². The van der Waals surface area contributed by atoms with Gasteiger partial charge in [0, 0.05) is 50.6 Å². The van der Waals surface area contributed by atoms with Crippen molar-refractivity contribution in [3.63, 3.8) is 0 Å². The van der Waals surface area contributed by atoms with Gasteiger partial charge in [0.05, 0.1) is 30.4 Å². The third-order valence-electron chi connectivity index (χ3n) is 8.26. The second-order valence-corrected chi connectivity index (χ2v) is 11.8. The van der Waals surface area contributed by atoms with Crippen molar-refractivity contribution >= 4 is 34.7 Å². The number of methoxy groups -OCH3 is 1. The standard InChI is InChI=1S/C29H41N7O3.C6H10N2/c1-7-17(3)14-18(8-2)21(30)15-23(31-4)20-10-9-11-22(27(20)39-6)33-24-16-25(34-28(37)19-12-13-19)35-36-26(24)29(38)32-5;1-3-6-4-7-8(2)5-6/h9-11,15-19H,7-8,12-14,30H2,1-6H3,(H,32,38)(H2,33,34,35,37);4-5H,3H2,1-2H3/b21-15-,31-23?;. The molecule has 0 aliphatic heterocycles. The second-order valence-electron chi connectivity index (χ2n) is 11.8. The lowest BCUT2D eigenvalue weighted by atomic mass is 9.89. The summed E-state index contributed by atoms with van der Waals surface area (Å²) in [6.07, 6.45) is 11.7. The number of aromatic nitrogens is 4. The van der Waals surface area contributed by atoms with Crippen LogP contribution in [0.4, 0.5) is 17.2 Å². The molecule has 0 bridgehead atoms. The Morgan fingerprint density at radius 1 is 1.17 bits per heavy atom. The van der Waals surface area contributed by atoms with E-state index in [1.807, 2.05) is 48.4 Å². The molecule has 2 amide bonds. The van der Waals surface area contributed by atoms with E-state index >= 15 is 0 Å². The number of anilines is 3. The SMILES string of the molecule is CCC(C)CC(CC)/C(N)=C/C(=NC)c1cccc(Nc2cc(NC(=O)C3CC3)nnc2C(=O)NC)c1OC.CCc1cnn(C)c1. The summed E-state index contributed by atoms with van der Waals surface area (Å²) in [7, 11) is 6.75. The molecule has 2 atom stereocenters. The summed E-state index contributed by atoms with van der Waals surface area (Å²) in [5, 5.41) is 20.7. The molecule has 2 aromatic heterocycles. The second kappa shape index (κ2) is 17.8. The summed E-state index contributed by atoms with van der Waals surface area (Å²) in [5.74, 6) is 1.10. The Hall–Kier alpha value is -4.74. The molecule has 0 spiro atoms. The van der Waals surface area contributed by atoms with Gasteiger partial charge in [0.1, 0.15) is 0 Å². The van der Waals surface area contributed by atoms with Crippen molar-refractivity contribution in [2.24, 2.45) is 35.5 Å². The number of nitrogens with zero attached hydrogens (tertiary/aromatic N) is 5. The van der Waals surface area contributed by atoms with Gasteiger partial charge in [-0.05, 0) is 67.7 Å². The van der Waals surface area contributed by atoms with Crippen molar-refractivity contribution in [2.75, 3.05) is 31.8 Å². The number of aliphatic imine (C=N–C) groups is 1. The highest BCUT2D eigenvalue weighted by Gasteiger charge is 2.30. The van der Waals surface area contributed by atoms with E-state index in [1.54, 1.807) is 20.2 Å². The number of carbonyl (C=O) groups is 2. The van der Waals surface area contributed by atoms with Crippen LogP contribution in [0.15, 0.2) is 53.4 Å². The number of hydrogen-bond acceptors (Lipinski definition) is 9. The van der Waals surface area contributed by atoms with E-state index in [0.29, 0.717) is 28.8 Å². The zero-order valence-corrected chi connectivity index (χ0v) is 29.1. The zero-order chi connectivity index (χ0) is 34.5. The van der Waals surface area contributed by atoms with Crippen LogP contribution >= 0.6 is 0 Å². The van der Waals surface area contributed by atoms with Crippen molar-refractivity contribution < 1.29 is 14.3 Å². The predicted octanol–water partition coefficient (Wildman–Crippen LogP) is 5.64. The van der Waals surface area contributed by atoms with Crippen LogP contribution in [0.25, 0.3) is 0 Å². The molecule has 12 heteroatoms. The molecule has 1 fully saturated rings. The average Bonchev–Trinajstić information content (AvgIpc) is 3.86. The van der Waals surface area contributed by atoms with Crippen molar-refractivity contribution in [1.82, 2.24) is 25.3 Å². The predicted molar refractivity (Wildman–Crippen MR) is 188 cm³/mol. The summed E-state index contributed by atoms with van der Waals surface area (Å²) in [6, 6.07) is 7.21. The first-order chi connectivity index (χ1) is 22.6. The lowest BCUT2D eigenvalue weighted by Crippen LogP contribution is -2.22. The van der Waals surface area contributed by atoms with E-state index in [-0.39, 0.29) is 29.3 Å². The highest BCUT2D eigenvalue weighted by molar-refractivity contribution is 6.12. The molecular formula is C35H51N9O3. The van der Waals surface area contributed by atoms with Crippen LogP contribution in [0.2, 0.25) is 0 Å². The van der Waals surface area contributed by atoms with Gasteiger partial charge < -0.3 is 26.4 Å². The van der Waals surface area contributed by atoms with Crippen molar-refractivity contribution in [2.45, 2.75) is 66.2 Å². The van der Waals surface area contributed by atoms with Crippen molar-refractivity contribution in [3.8, 4) is 5.75 Å². The molecule has 1 saturated carbocycles. The van der Waals surface area contributed by atoms with Crippen LogP contribution < -0.4 is 26.4 Å². The molecule has 1 aliphatic rings. The molecule has 0 saturated heterocycles. The molecule has 12 nitrogen and oxygen atoms in total. The number of para-hydroxylation sites is 1. The van der Waals surface area contributed by atoms with E-state index in [4.69, 9.17) is 10.5 Å². The van der Waals surface area contributed by atoms with Crippen LogP contribution in [0.3, 0.4) is 0 Å². The van der Waals surface area contributed by atoms with Gasteiger partial charge in [-0.15, -0.1) is 10.2 Å². The number of rotatable bonds is 14. The van der Waals surface area contributed by atoms with Gasteiger partial charge in [-0.2, -0.15) is 5.10 Å². The van der Waals surface area contributed by atoms with E-state index in [2.05, 4.69) is 63.9 Å². The molecule has 2 heterocycles. The maximum atomic E-state index is 12.6. The number of carbonyl (C=O) groups excluding carboxylic acids is 2. The Bertz CT molecular complexity index is 1560. The number of amides is 2. The highest BCUT2D eigenvalue weighted by Crippen LogP contribution is 2.35. The molecule has 47 heavy (non-hydrogen) atoms. The van der Waals surface area contributed by atoms with Gasteiger partial charge in [-0.3, -0.25) is 19.3 Å². The minimum absolute atomic E-state index is 0.00309. The summed E-state index contributed by atoms with van der Waals surface area (Å²) in [5.41, 5.74) is 11.1. The molecular weight excluding hydrogens is 594 g/mol. The van der Waals surface area contributed by atoms with Gasteiger partial charge in [-0.1, -0.05) is 40.2 Å². The molecule has 4 rings (SSSR count). The lowest BCUT2D eigenvalue weighted by molar-refractivity contribution is -0.117. The Labute approximate surface area is 278 Å². The number of ether oxygens (including phenoxy) is 1. The van der Waals surface area contributed by atoms with E-state index < -0.39 is 5.91 Å². The molecule has 254 valence electrons. The topological polar surface area (TPSA) is 161 Å². The molecule has 2 unspecified atom stereocenters. The third-order valence-corrected chi connectivity index (χ3v) is 8.26. The molecule has 0 radical (unpaired) electrons. The smallest absolute Gasteiger partial charge is 0.273 e. The summed E-state index contributed by atoms with van der Waals surface area (Å²) in [4.78, 5) is 29.3. The summed E-state index contributed by atoms with van der Waals surface area (Å²) in [6.45, 7) is 8.71. The highest BCUT2D eigenvalue weighted by atomic mass is 16.5. The monoisotopic (exact) mass is 645 g/mol. The first kappa shape index (κ1) is 36.7. The van der Waals surface area contributed by atoms with Crippen LogP contribution in [0.5, 0.6) is 5.75 Å². The van der Waals surface area contributed by atoms with E-state index in [0.717, 1.165) is 49.8 Å². The molecule has 3 aromatic rings. The Morgan fingerprint density at radius 3 is 2.45 bits per heavy atom. The Balaban J connectivity index is 0.000000653. The normalized spacial score (nSPS) is 14.4. The third kappa shape index (κ3) is 10.4. The number of nitrogens with two attached hydrogens (primary N) is 1. The number of benzene rings is 1. The Kier molecular flexibility index (Phi) is 13.9. The summed E-state index contributed by atoms with van der Waals surface area (Å²) < 4.78 is 7.64. The average molecular weight is 646 g/mol. The summed E-state index contributed by atoms with van der Waals surface area (Å²) >= 11 is 0. The zero-order valence-electron chi connectivity index (χ0n) is 29.1. The van der Waals surface area contributed by atoms with Crippen LogP contribution in [0, 0.1) is 17.8 Å². The minimum Gasteiger partial charge on any atom is -0.494 e. The fraction of sp³-hybridized carbons (Fsp3) is 0.486.